The molecule has 0 aromatic rings. The van der Waals surface area contributed by atoms with Gasteiger partial charge in [0.2, 0.25) is 0 Å². The summed E-state index contributed by atoms with van der Waals surface area (Å²) < 4.78 is 10.7. The molecule has 1 aliphatic carbocycles. The van der Waals surface area contributed by atoms with Crippen molar-refractivity contribution in [2.45, 2.75) is 64.9 Å². The number of ether oxygens (including phenoxy) is 2. The molecule has 0 aromatic heterocycles. The van der Waals surface area contributed by atoms with Gasteiger partial charge < -0.3 is 9.47 Å². The van der Waals surface area contributed by atoms with Crippen LogP contribution in [0.15, 0.2) is 0 Å². The fourth-order valence-corrected chi connectivity index (χ4v) is 3.13. The quantitative estimate of drug-likeness (QED) is 0.427. The van der Waals surface area contributed by atoms with E-state index >= 15 is 0 Å². The van der Waals surface area contributed by atoms with Gasteiger partial charge in [-0.25, -0.2) is 0 Å². The van der Waals surface area contributed by atoms with Gasteiger partial charge in [0.05, 0.1) is 7.11 Å². The molecule has 1 unspecified atom stereocenters. The molecule has 0 amide bonds. The van der Waals surface area contributed by atoms with Gasteiger partial charge in [-0.2, -0.15) is 0 Å². The SMILES string of the molecule is CCOC1(C(=O)C(C(=O)OC)C(C)C)CCCCCC1. The average Bonchev–Trinajstić information content (AvgIpc) is 2.65. The molecule has 0 N–H and O–H groups in total. The maximum Gasteiger partial charge on any atom is 0.316 e. The Morgan fingerprint density at radius 1 is 1.10 bits per heavy atom. The molecule has 4 heteroatoms. The van der Waals surface area contributed by atoms with Gasteiger partial charge >= 0.3 is 5.97 Å². The minimum Gasteiger partial charge on any atom is -0.468 e. The van der Waals surface area contributed by atoms with Crippen LogP contribution in [0.25, 0.3) is 0 Å². The first-order chi connectivity index (χ1) is 9.48. The Balaban J connectivity index is 3.04. The number of hydrogen-bond donors (Lipinski definition) is 0. The van der Waals surface area contributed by atoms with Crippen molar-refractivity contribution >= 4 is 11.8 Å². The van der Waals surface area contributed by atoms with Gasteiger partial charge in [0.15, 0.2) is 5.78 Å². The zero-order chi connectivity index (χ0) is 15.2. The molecule has 4 nitrogen and oxygen atoms in total. The van der Waals surface area contributed by atoms with Crippen LogP contribution < -0.4 is 0 Å². The van der Waals surface area contributed by atoms with Crippen LogP contribution in [-0.2, 0) is 19.1 Å². The van der Waals surface area contributed by atoms with Crippen LogP contribution in [0.1, 0.15) is 59.3 Å². The average molecular weight is 284 g/mol. The molecule has 1 rings (SSSR count). The molecule has 0 aromatic carbocycles. The molecule has 20 heavy (non-hydrogen) atoms. The Kier molecular flexibility index (Phi) is 6.66. The summed E-state index contributed by atoms with van der Waals surface area (Å²) in [5, 5.41) is 0. The predicted molar refractivity (Wildman–Crippen MR) is 77.4 cm³/mol. The number of methoxy groups -OCH3 is 1. The first-order valence-corrected chi connectivity index (χ1v) is 7.74. The van der Waals surface area contributed by atoms with Crippen LogP contribution in [0.3, 0.4) is 0 Å². The van der Waals surface area contributed by atoms with Gasteiger partial charge in [0.1, 0.15) is 11.5 Å². The van der Waals surface area contributed by atoms with E-state index in [-0.39, 0.29) is 11.7 Å². The Labute approximate surface area is 122 Å². The molecule has 1 atom stereocenters. The van der Waals surface area contributed by atoms with Gasteiger partial charge in [-0.15, -0.1) is 0 Å². The van der Waals surface area contributed by atoms with Crippen LogP contribution >= 0.6 is 0 Å². The Morgan fingerprint density at radius 3 is 2.05 bits per heavy atom. The number of Topliss-reactive ketones (excluding diaryl/α,β-unsaturated/α-hetero) is 1. The molecule has 0 bridgehead atoms. The molecular formula is C16H28O4. The molecule has 0 spiro atoms. The Hall–Kier alpha value is -0.900. The van der Waals surface area contributed by atoms with Crippen molar-refractivity contribution in [3.05, 3.63) is 0 Å². The molecule has 1 aliphatic rings. The van der Waals surface area contributed by atoms with Gasteiger partial charge in [-0.3, -0.25) is 9.59 Å². The van der Waals surface area contributed by atoms with Gasteiger partial charge in [0.25, 0.3) is 0 Å². The van der Waals surface area contributed by atoms with Crippen molar-refractivity contribution in [1.29, 1.82) is 0 Å². The molecule has 0 aliphatic heterocycles. The topological polar surface area (TPSA) is 52.6 Å². The lowest BCUT2D eigenvalue weighted by atomic mass is 9.78. The van der Waals surface area contributed by atoms with Crippen molar-refractivity contribution in [3.63, 3.8) is 0 Å². The van der Waals surface area contributed by atoms with Crippen molar-refractivity contribution < 1.29 is 19.1 Å². The zero-order valence-electron chi connectivity index (χ0n) is 13.2. The van der Waals surface area contributed by atoms with E-state index in [0.29, 0.717) is 6.61 Å². The van der Waals surface area contributed by atoms with E-state index in [2.05, 4.69) is 0 Å². The highest BCUT2D eigenvalue weighted by Crippen LogP contribution is 2.35. The lowest BCUT2D eigenvalue weighted by molar-refractivity contribution is -0.163. The minimum absolute atomic E-state index is 0.0736. The van der Waals surface area contributed by atoms with E-state index in [9.17, 15) is 9.59 Å². The first kappa shape index (κ1) is 17.2. The number of esters is 1. The molecule has 116 valence electrons. The summed E-state index contributed by atoms with van der Waals surface area (Å²) >= 11 is 0. The molecular weight excluding hydrogens is 256 g/mol. The normalized spacial score (nSPS) is 20.2. The van der Waals surface area contributed by atoms with Crippen LogP contribution in [0, 0.1) is 11.8 Å². The third-order valence-corrected chi connectivity index (χ3v) is 4.19. The zero-order valence-corrected chi connectivity index (χ0v) is 13.2. The van der Waals surface area contributed by atoms with Crippen LogP contribution in [-0.4, -0.2) is 31.1 Å². The largest absolute Gasteiger partial charge is 0.468 e. The summed E-state index contributed by atoms with van der Waals surface area (Å²) in [6, 6.07) is 0. The van der Waals surface area contributed by atoms with E-state index in [1.807, 2.05) is 20.8 Å². The maximum absolute atomic E-state index is 13.0. The summed E-state index contributed by atoms with van der Waals surface area (Å²) in [7, 11) is 1.34. The standard InChI is InChI=1S/C16H28O4/c1-5-20-16(10-8-6-7-9-11-16)14(17)13(12(2)3)15(18)19-4/h12-13H,5-11H2,1-4H3. The highest BCUT2D eigenvalue weighted by molar-refractivity contribution is 6.03. The van der Waals surface area contributed by atoms with Crippen molar-refractivity contribution in [2.24, 2.45) is 11.8 Å². The third-order valence-electron chi connectivity index (χ3n) is 4.19. The molecule has 0 heterocycles. The Bertz CT molecular complexity index is 327. The predicted octanol–water partition coefficient (Wildman–Crippen LogP) is 3.13. The van der Waals surface area contributed by atoms with Gasteiger partial charge in [-0.05, 0) is 25.7 Å². The van der Waals surface area contributed by atoms with E-state index in [0.717, 1.165) is 38.5 Å². The second kappa shape index (κ2) is 7.77. The number of hydrogen-bond acceptors (Lipinski definition) is 4. The molecule has 0 saturated heterocycles. The smallest absolute Gasteiger partial charge is 0.316 e. The van der Waals surface area contributed by atoms with Crippen LogP contribution in [0.4, 0.5) is 0 Å². The fourth-order valence-electron chi connectivity index (χ4n) is 3.13. The number of rotatable bonds is 6. The fraction of sp³-hybridized carbons (Fsp3) is 0.875. The number of carbonyl (C=O) groups excluding carboxylic acids is 2. The van der Waals surface area contributed by atoms with E-state index in [4.69, 9.17) is 9.47 Å². The highest BCUT2D eigenvalue weighted by Gasteiger charge is 2.46. The summed E-state index contributed by atoms with van der Waals surface area (Å²) in [4.78, 5) is 25.0. The minimum atomic E-state index is -0.783. The van der Waals surface area contributed by atoms with E-state index in [1.54, 1.807) is 0 Å². The first-order valence-electron chi connectivity index (χ1n) is 7.74. The molecule has 0 radical (unpaired) electrons. The van der Waals surface area contributed by atoms with Crippen LogP contribution in [0.2, 0.25) is 0 Å². The van der Waals surface area contributed by atoms with E-state index < -0.39 is 17.5 Å². The van der Waals surface area contributed by atoms with Crippen molar-refractivity contribution in [3.8, 4) is 0 Å². The summed E-state index contributed by atoms with van der Waals surface area (Å²) in [6.07, 6.45) is 5.68. The number of ketones is 1. The lowest BCUT2D eigenvalue weighted by Crippen LogP contribution is -2.48. The maximum atomic E-state index is 13.0. The summed E-state index contributed by atoms with van der Waals surface area (Å²) in [6.45, 7) is 6.17. The van der Waals surface area contributed by atoms with Gasteiger partial charge in [-0.1, -0.05) is 39.5 Å². The second-order valence-corrected chi connectivity index (χ2v) is 5.95. The number of carbonyl (C=O) groups is 2. The van der Waals surface area contributed by atoms with Crippen molar-refractivity contribution in [2.75, 3.05) is 13.7 Å². The van der Waals surface area contributed by atoms with Gasteiger partial charge in [0, 0.05) is 6.61 Å². The van der Waals surface area contributed by atoms with Crippen LogP contribution in [0.5, 0.6) is 0 Å². The summed E-state index contributed by atoms with van der Waals surface area (Å²) in [5.74, 6) is -1.31. The lowest BCUT2D eigenvalue weighted by Gasteiger charge is -2.34. The van der Waals surface area contributed by atoms with E-state index in [1.165, 1.54) is 7.11 Å². The highest BCUT2D eigenvalue weighted by atomic mass is 16.5. The summed E-state index contributed by atoms with van der Waals surface area (Å²) in [5.41, 5.74) is -0.783. The third kappa shape index (κ3) is 3.81. The van der Waals surface area contributed by atoms with Crippen molar-refractivity contribution in [1.82, 2.24) is 0 Å². The molecule has 1 fully saturated rings. The Morgan fingerprint density at radius 2 is 1.65 bits per heavy atom. The second-order valence-electron chi connectivity index (χ2n) is 5.95. The monoisotopic (exact) mass is 284 g/mol. The molecule has 1 saturated carbocycles.